The van der Waals surface area contributed by atoms with Gasteiger partial charge in [0.2, 0.25) is 0 Å². The topological polar surface area (TPSA) is 67.3 Å². The molecule has 3 aromatic rings. The molecule has 0 atom stereocenters. The Kier molecular flexibility index (Phi) is 7.54. The number of unbranched alkanes of at least 4 members (excludes halogenated alkanes) is 1. The summed E-state index contributed by atoms with van der Waals surface area (Å²) in [5.41, 5.74) is 1.79. The van der Waals surface area contributed by atoms with E-state index in [0.717, 1.165) is 18.5 Å². The summed E-state index contributed by atoms with van der Waals surface area (Å²) in [5.74, 6) is -0.0971. The average Bonchev–Trinajstić information content (AvgIpc) is 2.76. The Labute approximate surface area is 181 Å². The second-order valence-electron chi connectivity index (χ2n) is 7.14. The molecule has 0 radical (unpaired) electrons. The van der Waals surface area contributed by atoms with Crippen LogP contribution in [-0.2, 0) is 11.3 Å². The summed E-state index contributed by atoms with van der Waals surface area (Å²) >= 11 is 5.38. The number of nitrogens with zero attached hydrogens (tertiary/aromatic N) is 2. The zero-order chi connectivity index (χ0) is 21.5. The predicted octanol–water partition coefficient (Wildman–Crippen LogP) is 4.54. The molecule has 2 aromatic carbocycles. The van der Waals surface area contributed by atoms with Crippen LogP contribution in [0.3, 0.4) is 0 Å². The second kappa shape index (κ2) is 10.3. The summed E-state index contributed by atoms with van der Waals surface area (Å²) in [6, 6.07) is 14.8. The van der Waals surface area contributed by atoms with Gasteiger partial charge in [0.1, 0.15) is 0 Å². The molecule has 0 bridgehead atoms. The van der Waals surface area contributed by atoms with Crippen LogP contribution < -0.4 is 10.5 Å². The van der Waals surface area contributed by atoms with Gasteiger partial charge in [-0.2, -0.15) is 0 Å². The number of amides is 1. The van der Waals surface area contributed by atoms with Gasteiger partial charge in [0.15, 0.2) is 4.77 Å². The Morgan fingerprint density at radius 1 is 1.17 bits per heavy atom. The van der Waals surface area contributed by atoms with Gasteiger partial charge in [0, 0.05) is 38.1 Å². The summed E-state index contributed by atoms with van der Waals surface area (Å²) in [7, 11) is 1.63. The van der Waals surface area contributed by atoms with Crippen molar-refractivity contribution >= 4 is 34.7 Å². The lowest BCUT2D eigenvalue weighted by Crippen LogP contribution is -2.32. The number of carbonyl (C=O) groups is 1. The number of benzene rings is 2. The molecule has 6 nitrogen and oxygen atoms in total. The van der Waals surface area contributed by atoms with E-state index < -0.39 is 0 Å². The van der Waals surface area contributed by atoms with Crippen molar-refractivity contribution in [2.24, 2.45) is 0 Å². The smallest absolute Gasteiger partial charge is 0.262 e. The number of H-pyrrole nitrogens is 1. The lowest BCUT2D eigenvalue weighted by atomic mass is 10.1. The van der Waals surface area contributed by atoms with Crippen LogP contribution in [0.2, 0.25) is 0 Å². The van der Waals surface area contributed by atoms with Gasteiger partial charge in [-0.25, -0.2) is 0 Å². The van der Waals surface area contributed by atoms with Crippen molar-refractivity contribution in [3.05, 3.63) is 69.2 Å². The summed E-state index contributed by atoms with van der Waals surface area (Å²) in [6.45, 7) is 3.77. The van der Waals surface area contributed by atoms with Crippen LogP contribution in [0.4, 0.5) is 5.69 Å². The molecule has 1 amide bonds. The van der Waals surface area contributed by atoms with Crippen LogP contribution in [0, 0.1) is 4.77 Å². The van der Waals surface area contributed by atoms with Gasteiger partial charge in [-0.15, -0.1) is 0 Å². The number of rotatable bonds is 9. The number of carbonyl (C=O) groups excluding carboxylic acids is 1. The molecule has 0 aliphatic rings. The van der Waals surface area contributed by atoms with Gasteiger partial charge in [-0.3, -0.25) is 14.2 Å². The molecule has 0 fully saturated rings. The molecule has 158 valence electrons. The minimum Gasteiger partial charge on any atom is -0.385 e. The number of hydrogen-bond donors (Lipinski definition) is 1. The number of methoxy groups -OCH3 is 1. The van der Waals surface area contributed by atoms with Gasteiger partial charge < -0.3 is 14.6 Å². The first-order valence-corrected chi connectivity index (χ1v) is 10.6. The third-order valence-electron chi connectivity index (χ3n) is 5.01. The molecular weight excluding hydrogens is 398 g/mol. The number of aromatic amines is 1. The minimum absolute atomic E-state index is 0.0971. The summed E-state index contributed by atoms with van der Waals surface area (Å²) < 4.78 is 6.94. The van der Waals surface area contributed by atoms with E-state index in [9.17, 15) is 9.59 Å². The lowest BCUT2D eigenvalue weighted by Gasteiger charge is -2.23. The van der Waals surface area contributed by atoms with Crippen molar-refractivity contribution in [2.45, 2.75) is 32.7 Å². The largest absolute Gasteiger partial charge is 0.385 e. The van der Waals surface area contributed by atoms with Crippen molar-refractivity contribution < 1.29 is 9.53 Å². The summed E-state index contributed by atoms with van der Waals surface area (Å²) in [4.78, 5) is 31.0. The van der Waals surface area contributed by atoms with Gasteiger partial charge in [0.05, 0.1) is 10.9 Å². The van der Waals surface area contributed by atoms with Crippen LogP contribution in [0.15, 0.2) is 53.3 Å². The highest BCUT2D eigenvalue weighted by Crippen LogP contribution is 2.19. The van der Waals surface area contributed by atoms with E-state index in [1.165, 1.54) is 4.57 Å². The maximum atomic E-state index is 13.3. The summed E-state index contributed by atoms with van der Waals surface area (Å²) in [6.07, 6.45) is 2.59. The first-order chi connectivity index (χ1) is 14.6. The van der Waals surface area contributed by atoms with Crippen LogP contribution in [-0.4, -0.2) is 35.7 Å². The zero-order valence-corrected chi connectivity index (χ0v) is 18.2. The fourth-order valence-electron chi connectivity index (χ4n) is 3.39. The van der Waals surface area contributed by atoms with E-state index in [4.69, 9.17) is 17.0 Å². The van der Waals surface area contributed by atoms with E-state index in [1.54, 1.807) is 30.2 Å². The van der Waals surface area contributed by atoms with Gasteiger partial charge in [-0.1, -0.05) is 31.5 Å². The highest BCUT2D eigenvalue weighted by atomic mass is 32.1. The van der Waals surface area contributed by atoms with Crippen molar-refractivity contribution in [1.82, 2.24) is 9.55 Å². The highest BCUT2D eigenvalue weighted by molar-refractivity contribution is 7.71. The first kappa shape index (κ1) is 21.9. The number of anilines is 1. The third kappa shape index (κ3) is 4.86. The monoisotopic (exact) mass is 425 g/mol. The normalized spacial score (nSPS) is 11.0. The number of ether oxygens (including phenoxy) is 1. The maximum absolute atomic E-state index is 13.3. The fraction of sp³-hybridized carbons (Fsp3) is 0.348. The van der Waals surface area contributed by atoms with Crippen molar-refractivity contribution in [1.29, 1.82) is 0 Å². The Morgan fingerprint density at radius 3 is 2.63 bits per heavy atom. The molecule has 7 heteroatoms. The number of nitrogens with one attached hydrogen (secondary N) is 1. The molecule has 1 aromatic heterocycles. The molecule has 1 N–H and O–H groups in total. The molecule has 0 saturated carbocycles. The minimum atomic E-state index is -0.158. The standard InChI is InChI=1S/C23H27N3O3S/c1-3-4-13-25(18-9-6-5-7-10-18)21(27)17-11-12-19-20(16-17)24-23(30)26(22(19)28)14-8-15-29-2/h5-7,9-12,16H,3-4,8,13-15H2,1-2H3,(H,24,30). The molecule has 0 saturated heterocycles. The fourth-order valence-corrected chi connectivity index (χ4v) is 3.67. The van der Waals surface area contributed by atoms with Gasteiger partial charge in [0.25, 0.3) is 11.5 Å². The molecule has 0 aliphatic heterocycles. The maximum Gasteiger partial charge on any atom is 0.262 e. The molecular formula is C23H27N3O3S. The van der Waals surface area contributed by atoms with Gasteiger partial charge >= 0.3 is 0 Å². The molecule has 0 unspecified atom stereocenters. The van der Waals surface area contributed by atoms with Crippen LogP contribution in [0.25, 0.3) is 10.9 Å². The van der Waals surface area contributed by atoms with Crippen molar-refractivity contribution in [3.63, 3.8) is 0 Å². The Bertz CT molecular complexity index is 1120. The summed E-state index contributed by atoms with van der Waals surface area (Å²) in [5, 5.41) is 0.511. The number of aromatic nitrogens is 2. The molecule has 1 heterocycles. The predicted molar refractivity (Wildman–Crippen MR) is 123 cm³/mol. The lowest BCUT2D eigenvalue weighted by molar-refractivity contribution is 0.0986. The van der Waals surface area contributed by atoms with Crippen molar-refractivity contribution in [2.75, 3.05) is 25.2 Å². The SMILES string of the molecule is CCCCN(C(=O)c1ccc2c(=O)n(CCCOC)c(=S)[nH]c2c1)c1ccccc1. The quantitative estimate of drug-likeness (QED) is 0.404. The average molecular weight is 426 g/mol. The van der Waals surface area contributed by atoms with E-state index >= 15 is 0 Å². The van der Waals surface area contributed by atoms with E-state index in [0.29, 0.717) is 47.4 Å². The van der Waals surface area contributed by atoms with E-state index in [1.807, 2.05) is 30.3 Å². The van der Waals surface area contributed by atoms with Crippen LogP contribution >= 0.6 is 12.2 Å². The van der Waals surface area contributed by atoms with E-state index in [-0.39, 0.29) is 11.5 Å². The van der Waals surface area contributed by atoms with Crippen LogP contribution in [0.1, 0.15) is 36.5 Å². The Morgan fingerprint density at radius 2 is 1.93 bits per heavy atom. The Balaban J connectivity index is 1.97. The third-order valence-corrected chi connectivity index (χ3v) is 5.33. The number of hydrogen-bond acceptors (Lipinski definition) is 4. The van der Waals surface area contributed by atoms with Crippen molar-refractivity contribution in [3.8, 4) is 0 Å². The van der Waals surface area contributed by atoms with Gasteiger partial charge in [-0.05, 0) is 55.4 Å². The number of fused-ring (bicyclic) bond motifs is 1. The van der Waals surface area contributed by atoms with Crippen LogP contribution in [0.5, 0.6) is 0 Å². The molecule has 0 spiro atoms. The second-order valence-corrected chi connectivity index (χ2v) is 7.53. The van der Waals surface area contributed by atoms with E-state index in [2.05, 4.69) is 11.9 Å². The molecule has 30 heavy (non-hydrogen) atoms. The zero-order valence-electron chi connectivity index (χ0n) is 17.4. The number of para-hydroxylation sites is 1. The first-order valence-electron chi connectivity index (χ1n) is 10.2. The highest BCUT2D eigenvalue weighted by Gasteiger charge is 2.18. The molecule has 3 rings (SSSR count). The molecule has 0 aliphatic carbocycles. The Hall–Kier alpha value is -2.77.